The molecule has 0 saturated heterocycles. The normalized spacial score (nSPS) is 34.5. The van der Waals surface area contributed by atoms with Crippen molar-refractivity contribution in [2.24, 2.45) is 11.3 Å². The number of hydrogen-bond donors (Lipinski definition) is 0. The van der Waals surface area contributed by atoms with Gasteiger partial charge in [0, 0.05) is 0 Å². The Morgan fingerprint density at radius 2 is 2.13 bits per heavy atom. The Balaban J connectivity index is 1.85. The van der Waals surface area contributed by atoms with Gasteiger partial charge in [-0.2, -0.15) is 0 Å². The van der Waals surface area contributed by atoms with Crippen molar-refractivity contribution in [2.45, 2.75) is 64.9 Å². The molecule has 2 aliphatic carbocycles. The van der Waals surface area contributed by atoms with E-state index in [1.807, 2.05) is 20.8 Å². The maximum atomic E-state index is 11.7. The molecular weight excluding hydrogens is 188 g/mol. The van der Waals surface area contributed by atoms with E-state index >= 15 is 0 Å². The first kappa shape index (κ1) is 11.0. The summed E-state index contributed by atoms with van der Waals surface area (Å²) in [5, 5.41) is 0. The van der Waals surface area contributed by atoms with Crippen molar-refractivity contribution in [3.63, 3.8) is 0 Å². The average Bonchev–Trinajstić information content (AvgIpc) is 2.73. The molecule has 0 aromatic heterocycles. The van der Waals surface area contributed by atoms with Gasteiger partial charge in [-0.05, 0) is 51.4 Å². The van der Waals surface area contributed by atoms with Crippen LogP contribution >= 0.6 is 0 Å². The Kier molecular flexibility index (Phi) is 2.56. The van der Waals surface area contributed by atoms with Gasteiger partial charge in [0.05, 0.1) is 6.42 Å². The number of carbonyl (C=O) groups excluding carboxylic acids is 1. The fourth-order valence-corrected chi connectivity index (χ4v) is 2.98. The lowest BCUT2D eigenvalue weighted by atomic mass is 9.86. The van der Waals surface area contributed by atoms with E-state index in [4.69, 9.17) is 4.74 Å². The van der Waals surface area contributed by atoms with Crippen LogP contribution in [0.2, 0.25) is 0 Å². The molecule has 2 fully saturated rings. The van der Waals surface area contributed by atoms with Crippen molar-refractivity contribution in [1.82, 2.24) is 0 Å². The summed E-state index contributed by atoms with van der Waals surface area (Å²) in [6.45, 7) is 5.81. The van der Waals surface area contributed by atoms with E-state index < -0.39 is 0 Å². The minimum Gasteiger partial charge on any atom is -0.460 e. The van der Waals surface area contributed by atoms with Gasteiger partial charge in [0.2, 0.25) is 0 Å². The first-order valence-electron chi connectivity index (χ1n) is 6.13. The van der Waals surface area contributed by atoms with Gasteiger partial charge in [0.15, 0.2) is 0 Å². The molecule has 2 aliphatic rings. The number of hydrogen-bond acceptors (Lipinski definition) is 2. The zero-order valence-electron chi connectivity index (χ0n) is 10.1. The van der Waals surface area contributed by atoms with Crippen LogP contribution in [0, 0.1) is 11.3 Å². The number of ether oxygens (including phenoxy) is 1. The first-order chi connectivity index (χ1) is 6.91. The van der Waals surface area contributed by atoms with Gasteiger partial charge in [-0.25, -0.2) is 0 Å². The van der Waals surface area contributed by atoms with Crippen molar-refractivity contribution in [2.75, 3.05) is 0 Å². The minimum absolute atomic E-state index is 0.00639. The predicted octanol–water partition coefficient (Wildman–Crippen LogP) is 3.30. The highest BCUT2D eigenvalue weighted by atomic mass is 16.6. The summed E-state index contributed by atoms with van der Waals surface area (Å²) in [6.07, 6.45) is 7.18. The van der Waals surface area contributed by atoms with E-state index in [0.29, 0.717) is 11.8 Å². The summed E-state index contributed by atoms with van der Waals surface area (Å²) >= 11 is 0. The molecule has 0 aliphatic heterocycles. The van der Waals surface area contributed by atoms with Gasteiger partial charge in [-0.1, -0.05) is 12.8 Å². The molecule has 2 heteroatoms. The van der Waals surface area contributed by atoms with Gasteiger partial charge in [-0.15, -0.1) is 0 Å². The number of fused-ring (bicyclic) bond motifs is 1. The Morgan fingerprint density at radius 1 is 1.40 bits per heavy atom. The Morgan fingerprint density at radius 3 is 2.73 bits per heavy atom. The van der Waals surface area contributed by atoms with Crippen LogP contribution in [0.25, 0.3) is 0 Å². The lowest BCUT2D eigenvalue weighted by Gasteiger charge is -2.24. The fourth-order valence-electron chi connectivity index (χ4n) is 2.98. The van der Waals surface area contributed by atoms with Gasteiger partial charge < -0.3 is 4.74 Å². The lowest BCUT2D eigenvalue weighted by Crippen LogP contribution is -2.26. The largest absolute Gasteiger partial charge is 0.460 e. The number of rotatable bonds is 2. The third-order valence-corrected chi connectivity index (χ3v) is 3.75. The zero-order chi connectivity index (χ0) is 11.1. The van der Waals surface area contributed by atoms with Crippen molar-refractivity contribution in [3.05, 3.63) is 0 Å². The molecule has 0 N–H and O–H groups in total. The predicted molar refractivity (Wildman–Crippen MR) is 59.5 cm³/mol. The second-order valence-corrected chi connectivity index (χ2v) is 6.27. The summed E-state index contributed by atoms with van der Waals surface area (Å²) in [5.74, 6) is 0.839. The SMILES string of the molecule is CC(C)(C)OC(=O)C[C@@]12CCCC[C@@H]1C2. The molecule has 0 aromatic carbocycles. The molecule has 2 rings (SSSR count). The van der Waals surface area contributed by atoms with Crippen LogP contribution in [0.15, 0.2) is 0 Å². The minimum atomic E-state index is -0.327. The third kappa shape index (κ3) is 2.53. The van der Waals surface area contributed by atoms with Crippen molar-refractivity contribution >= 4 is 5.97 Å². The molecule has 0 unspecified atom stereocenters. The van der Waals surface area contributed by atoms with Gasteiger partial charge in [0.1, 0.15) is 5.60 Å². The van der Waals surface area contributed by atoms with Crippen LogP contribution in [0.1, 0.15) is 59.3 Å². The van der Waals surface area contributed by atoms with Gasteiger partial charge >= 0.3 is 5.97 Å². The first-order valence-corrected chi connectivity index (χ1v) is 6.13. The molecule has 0 amide bonds. The monoisotopic (exact) mass is 210 g/mol. The standard InChI is InChI=1S/C13H22O2/c1-12(2,3)15-11(14)9-13-7-5-4-6-10(13)8-13/h10H,4-9H2,1-3H3/t10-,13+/m1/s1. The summed E-state index contributed by atoms with van der Waals surface area (Å²) in [4.78, 5) is 11.7. The average molecular weight is 210 g/mol. The van der Waals surface area contributed by atoms with Crippen LogP contribution < -0.4 is 0 Å². The topological polar surface area (TPSA) is 26.3 Å². The molecule has 0 aromatic rings. The van der Waals surface area contributed by atoms with E-state index in [2.05, 4.69) is 0 Å². The smallest absolute Gasteiger partial charge is 0.306 e. The molecule has 86 valence electrons. The van der Waals surface area contributed by atoms with Crippen LogP contribution in [0.4, 0.5) is 0 Å². The highest BCUT2D eigenvalue weighted by molar-refractivity contribution is 5.71. The summed E-state index contributed by atoms with van der Waals surface area (Å²) in [7, 11) is 0. The van der Waals surface area contributed by atoms with E-state index in [1.54, 1.807) is 0 Å². The second kappa shape index (κ2) is 3.50. The summed E-state index contributed by atoms with van der Waals surface area (Å²) < 4.78 is 5.39. The highest BCUT2D eigenvalue weighted by Crippen LogP contribution is 2.63. The van der Waals surface area contributed by atoms with Gasteiger partial charge in [0.25, 0.3) is 0 Å². The van der Waals surface area contributed by atoms with Crippen LogP contribution in [0.3, 0.4) is 0 Å². The molecule has 0 bridgehead atoms. The number of esters is 1. The van der Waals surface area contributed by atoms with Crippen LogP contribution in [-0.4, -0.2) is 11.6 Å². The second-order valence-electron chi connectivity index (χ2n) is 6.27. The summed E-state index contributed by atoms with van der Waals surface area (Å²) in [5.41, 5.74) is 0.0351. The molecule has 0 spiro atoms. The molecule has 2 saturated carbocycles. The van der Waals surface area contributed by atoms with Crippen molar-refractivity contribution in [1.29, 1.82) is 0 Å². The van der Waals surface area contributed by atoms with E-state index in [-0.39, 0.29) is 11.6 Å². The molecule has 0 heterocycles. The van der Waals surface area contributed by atoms with Crippen LogP contribution in [-0.2, 0) is 9.53 Å². The molecule has 2 nitrogen and oxygen atoms in total. The summed E-state index contributed by atoms with van der Waals surface area (Å²) in [6, 6.07) is 0. The molecular formula is C13H22O2. The Labute approximate surface area is 92.4 Å². The quantitative estimate of drug-likeness (QED) is 0.654. The number of carbonyl (C=O) groups is 1. The van der Waals surface area contributed by atoms with Crippen molar-refractivity contribution in [3.8, 4) is 0 Å². The third-order valence-electron chi connectivity index (χ3n) is 3.75. The van der Waals surface area contributed by atoms with Crippen molar-refractivity contribution < 1.29 is 9.53 Å². The van der Waals surface area contributed by atoms with E-state index in [0.717, 1.165) is 5.92 Å². The maximum absolute atomic E-state index is 11.7. The zero-order valence-corrected chi connectivity index (χ0v) is 10.1. The molecule has 15 heavy (non-hydrogen) atoms. The fraction of sp³-hybridized carbons (Fsp3) is 0.923. The Hall–Kier alpha value is -0.530. The highest BCUT2D eigenvalue weighted by Gasteiger charge is 2.55. The molecule has 0 radical (unpaired) electrons. The maximum Gasteiger partial charge on any atom is 0.306 e. The van der Waals surface area contributed by atoms with E-state index in [1.165, 1.54) is 32.1 Å². The lowest BCUT2D eigenvalue weighted by molar-refractivity contribution is -0.156. The molecule has 2 atom stereocenters. The van der Waals surface area contributed by atoms with Gasteiger partial charge in [-0.3, -0.25) is 4.79 Å². The van der Waals surface area contributed by atoms with E-state index in [9.17, 15) is 4.79 Å². The Bertz CT molecular complexity index is 264. The van der Waals surface area contributed by atoms with Crippen LogP contribution in [0.5, 0.6) is 0 Å².